The van der Waals surface area contributed by atoms with Crippen molar-refractivity contribution in [3.63, 3.8) is 0 Å². The van der Waals surface area contributed by atoms with Crippen LogP contribution >= 0.6 is 0 Å². The van der Waals surface area contributed by atoms with E-state index in [9.17, 15) is 20.0 Å². The van der Waals surface area contributed by atoms with Gasteiger partial charge in [0.05, 0.1) is 17.6 Å². The number of nitro groups is 1. The number of rotatable bonds is 6. The Balaban J connectivity index is 1.81. The van der Waals surface area contributed by atoms with Crippen molar-refractivity contribution in [1.29, 1.82) is 0 Å². The molecule has 7 nitrogen and oxygen atoms in total. The van der Waals surface area contributed by atoms with Crippen LogP contribution in [-0.2, 0) is 4.74 Å². The maximum absolute atomic E-state index is 12.0. The molecule has 23 heavy (non-hydrogen) atoms. The van der Waals surface area contributed by atoms with E-state index in [2.05, 4.69) is 12.2 Å². The van der Waals surface area contributed by atoms with Crippen LogP contribution in [0.4, 0.5) is 5.69 Å². The first-order chi connectivity index (χ1) is 11.0. The molecule has 1 saturated carbocycles. The lowest BCUT2D eigenvalue weighted by molar-refractivity contribution is -0.385. The lowest BCUT2D eigenvalue weighted by atomic mass is 9.88. The van der Waals surface area contributed by atoms with E-state index in [0.717, 1.165) is 18.6 Å². The Labute approximate surface area is 134 Å². The Morgan fingerprint density at radius 1 is 1.43 bits per heavy atom. The van der Waals surface area contributed by atoms with E-state index < -0.39 is 22.3 Å². The number of benzene rings is 1. The summed E-state index contributed by atoms with van der Waals surface area (Å²) >= 11 is 0. The Kier molecular flexibility index (Phi) is 5.92. The van der Waals surface area contributed by atoms with Crippen LogP contribution in [0.2, 0.25) is 0 Å². The minimum absolute atomic E-state index is 0.139. The first-order valence-corrected chi connectivity index (χ1v) is 7.86. The summed E-state index contributed by atoms with van der Waals surface area (Å²) in [6, 6.07) is 3.56. The molecule has 0 unspecified atom stereocenters. The van der Waals surface area contributed by atoms with E-state index in [1.807, 2.05) is 0 Å². The Morgan fingerprint density at radius 3 is 2.87 bits per heavy atom. The number of nitro benzene ring substituents is 1. The maximum atomic E-state index is 12.0. The number of hydrogen-bond donors (Lipinski definition) is 2. The van der Waals surface area contributed by atoms with E-state index >= 15 is 0 Å². The number of ether oxygens (including phenoxy) is 1. The molecular formula is C16H22N2O5. The molecule has 1 amide bonds. The molecule has 0 aromatic heterocycles. The summed E-state index contributed by atoms with van der Waals surface area (Å²) in [6.45, 7) is 2.94. The molecule has 0 saturated heterocycles. The number of nitrogens with one attached hydrogen (secondary N) is 1. The Morgan fingerprint density at radius 2 is 2.17 bits per heavy atom. The van der Waals surface area contributed by atoms with Gasteiger partial charge in [0, 0.05) is 18.2 Å². The predicted molar refractivity (Wildman–Crippen MR) is 84.5 cm³/mol. The van der Waals surface area contributed by atoms with Gasteiger partial charge in [0.1, 0.15) is 0 Å². The van der Waals surface area contributed by atoms with Crippen LogP contribution in [0.1, 0.15) is 43.0 Å². The number of amides is 1. The molecule has 0 spiro atoms. The number of aromatic hydroxyl groups is 1. The van der Waals surface area contributed by atoms with Gasteiger partial charge in [-0.15, -0.1) is 0 Å². The largest absolute Gasteiger partial charge is 0.502 e. The Hall–Kier alpha value is -2.15. The monoisotopic (exact) mass is 322 g/mol. The first kappa shape index (κ1) is 17.2. The van der Waals surface area contributed by atoms with E-state index in [1.54, 1.807) is 0 Å². The summed E-state index contributed by atoms with van der Waals surface area (Å²) in [5, 5.41) is 22.8. The molecule has 0 aliphatic heterocycles. The third-order valence-electron chi connectivity index (χ3n) is 4.19. The summed E-state index contributed by atoms with van der Waals surface area (Å²) in [6.07, 6.45) is 4.90. The van der Waals surface area contributed by atoms with E-state index in [1.165, 1.54) is 25.3 Å². The van der Waals surface area contributed by atoms with Crippen LogP contribution in [0, 0.1) is 16.0 Å². The maximum Gasteiger partial charge on any atom is 0.311 e. The van der Waals surface area contributed by atoms with E-state index in [4.69, 9.17) is 4.74 Å². The zero-order valence-electron chi connectivity index (χ0n) is 13.2. The molecule has 1 aromatic carbocycles. The predicted octanol–water partition coefficient (Wildman–Crippen LogP) is 2.63. The van der Waals surface area contributed by atoms with Crippen molar-refractivity contribution in [2.45, 2.75) is 38.7 Å². The second-order valence-electron chi connectivity index (χ2n) is 5.89. The molecule has 1 aliphatic carbocycles. The van der Waals surface area contributed by atoms with Gasteiger partial charge in [0.15, 0.2) is 5.75 Å². The third-order valence-corrected chi connectivity index (χ3v) is 4.19. The standard InChI is InChI=1S/C16H22N2O5/c1-11-4-2-3-5-15(11)23-9-8-17-16(20)12-6-7-14(19)13(10-12)18(21)22/h6-7,10-11,15,19H,2-5,8-9H2,1H3,(H,17,20)/t11-,15+/m1/s1. The van der Waals surface area contributed by atoms with E-state index in [-0.39, 0.29) is 11.7 Å². The fourth-order valence-corrected chi connectivity index (χ4v) is 2.82. The first-order valence-electron chi connectivity index (χ1n) is 7.86. The third kappa shape index (κ3) is 4.66. The van der Waals surface area contributed by atoms with Gasteiger partial charge < -0.3 is 15.2 Å². The number of carbonyl (C=O) groups excluding carboxylic acids is 1. The molecule has 126 valence electrons. The SMILES string of the molecule is C[C@@H]1CCCC[C@@H]1OCCNC(=O)c1ccc(O)c([N+](=O)[O-])c1. The van der Waals surface area contributed by atoms with Gasteiger partial charge in [-0.1, -0.05) is 19.8 Å². The average molecular weight is 322 g/mol. The lowest BCUT2D eigenvalue weighted by Gasteiger charge is -2.28. The van der Waals surface area contributed by atoms with Crippen molar-refractivity contribution >= 4 is 11.6 Å². The van der Waals surface area contributed by atoms with Gasteiger partial charge in [0.2, 0.25) is 0 Å². The lowest BCUT2D eigenvalue weighted by Crippen LogP contribution is -2.31. The number of phenolic OH excluding ortho intramolecular Hbond substituents is 1. The number of hydrogen-bond acceptors (Lipinski definition) is 5. The minimum atomic E-state index is -0.723. The molecular weight excluding hydrogens is 300 g/mol. The summed E-state index contributed by atoms with van der Waals surface area (Å²) in [4.78, 5) is 22.0. The Bertz CT molecular complexity index is 576. The average Bonchev–Trinajstić information content (AvgIpc) is 2.53. The van der Waals surface area contributed by atoms with Gasteiger partial charge in [0.25, 0.3) is 5.91 Å². The molecule has 0 heterocycles. The zero-order chi connectivity index (χ0) is 16.8. The van der Waals surface area contributed by atoms with Gasteiger partial charge in [-0.05, 0) is 30.9 Å². The van der Waals surface area contributed by atoms with E-state index in [0.29, 0.717) is 19.1 Å². The number of nitrogens with zero attached hydrogens (tertiary/aromatic N) is 1. The molecule has 2 atom stereocenters. The van der Waals surface area contributed by atoms with Crippen molar-refractivity contribution in [3.05, 3.63) is 33.9 Å². The van der Waals surface area contributed by atoms with Gasteiger partial charge in [-0.3, -0.25) is 14.9 Å². The molecule has 1 fully saturated rings. The molecule has 0 bridgehead atoms. The molecule has 1 aliphatic rings. The van der Waals surface area contributed by atoms with Crippen LogP contribution < -0.4 is 5.32 Å². The molecule has 1 aromatic rings. The smallest absolute Gasteiger partial charge is 0.311 e. The highest BCUT2D eigenvalue weighted by molar-refractivity contribution is 5.95. The van der Waals surface area contributed by atoms with Crippen LogP contribution in [0.3, 0.4) is 0 Å². The molecule has 2 N–H and O–H groups in total. The molecule has 0 radical (unpaired) electrons. The van der Waals surface area contributed by atoms with Crippen molar-refractivity contribution in [1.82, 2.24) is 5.32 Å². The highest BCUT2D eigenvalue weighted by Gasteiger charge is 2.21. The summed E-state index contributed by atoms with van der Waals surface area (Å²) in [5.41, 5.74) is -0.342. The van der Waals surface area contributed by atoms with Crippen LogP contribution in [0.15, 0.2) is 18.2 Å². The summed E-state index contributed by atoms with van der Waals surface area (Å²) < 4.78 is 5.80. The summed E-state index contributed by atoms with van der Waals surface area (Å²) in [7, 11) is 0. The van der Waals surface area contributed by atoms with Gasteiger partial charge in [-0.25, -0.2) is 0 Å². The van der Waals surface area contributed by atoms with Crippen molar-refractivity contribution in [2.24, 2.45) is 5.92 Å². The highest BCUT2D eigenvalue weighted by Crippen LogP contribution is 2.27. The van der Waals surface area contributed by atoms with Crippen molar-refractivity contribution in [2.75, 3.05) is 13.2 Å². The number of carbonyl (C=O) groups is 1. The molecule has 2 rings (SSSR count). The second kappa shape index (κ2) is 7.92. The minimum Gasteiger partial charge on any atom is -0.502 e. The zero-order valence-corrected chi connectivity index (χ0v) is 13.2. The topological polar surface area (TPSA) is 102 Å². The number of phenols is 1. The highest BCUT2D eigenvalue weighted by atomic mass is 16.6. The normalized spacial score (nSPS) is 20.9. The van der Waals surface area contributed by atoms with Crippen molar-refractivity contribution < 1.29 is 19.6 Å². The quantitative estimate of drug-likeness (QED) is 0.476. The van der Waals surface area contributed by atoms with Crippen LogP contribution in [-0.4, -0.2) is 35.2 Å². The van der Waals surface area contributed by atoms with Crippen molar-refractivity contribution in [3.8, 4) is 5.75 Å². The van der Waals surface area contributed by atoms with Crippen LogP contribution in [0.5, 0.6) is 5.75 Å². The van der Waals surface area contributed by atoms with Gasteiger partial charge >= 0.3 is 5.69 Å². The second-order valence-corrected chi connectivity index (χ2v) is 5.89. The fourth-order valence-electron chi connectivity index (χ4n) is 2.82. The van der Waals surface area contributed by atoms with Crippen LogP contribution in [0.25, 0.3) is 0 Å². The van der Waals surface area contributed by atoms with Gasteiger partial charge in [-0.2, -0.15) is 0 Å². The molecule has 7 heteroatoms. The fraction of sp³-hybridized carbons (Fsp3) is 0.562. The summed E-state index contributed by atoms with van der Waals surface area (Å²) in [5.74, 6) is -0.339.